The minimum absolute atomic E-state index is 0.0261. The van der Waals surface area contributed by atoms with E-state index in [1.807, 2.05) is 25.1 Å². The van der Waals surface area contributed by atoms with Crippen LogP contribution in [-0.4, -0.2) is 50.0 Å². The molecule has 1 aliphatic carbocycles. The van der Waals surface area contributed by atoms with E-state index in [9.17, 15) is 13.2 Å². The first-order valence-electron chi connectivity index (χ1n) is 9.82. The van der Waals surface area contributed by atoms with Crippen molar-refractivity contribution in [2.75, 3.05) is 24.4 Å². The van der Waals surface area contributed by atoms with Crippen molar-refractivity contribution in [3.63, 3.8) is 0 Å². The molecule has 1 heterocycles. The molecular formula is C20H29NO5S2. The number of thioether (sulfide) groups is 1. The topological polar surface area (TPSA) is 81.7 Å². The highest BCUT2D eigenvalue weighted by molar-refractivity contribution is 8.02. The molecule has 0 radical (unpaired) electrons. The number of carbonyl (C=O) groups excluding carboxylic acids is 1. The lowest BCUT2D eigenvalue weighted by atomic mass is 10.1. The predicted octanol–water partition coefficient (Wildman–Crippen LogP) is 3.11. The molecule has 1 aromatic carbocycles. The van der Waals surface area contributed by atoms with Gasteiger partial charge in [-0.1, -0.05) is 6.07 Å². The van der Waals surface area contributed by atoms with Crippen LogP contribution in [0.1, 0.15) is 50.6 Å². The Morgan fingerprint density at radius 1 is 1.25 bits per heavy atom. The molecule has 1 amide bonds. The van der Waals surface area contributed by atoms with E-state index in [0.29, 0.717) is 12.2 Å². The Hall–Kier alpha value is -1.41. The first-order chi connectivity index (χ1) is 13.4. The molecule has 1 N–H and O–H groups in total. The second-order valence-corrected chi connectivity index (χ2v) is 11.1. The van der Waals surface area contributed by atoms with Crippen LogP contribution in [0.4, 0.5) is 0 Å². The molecule has 2 atom stereocenters. The number of ether oxygens (including phenoxy) is 2. The molecule has 0 bridgehead atoms. The van der Waals surface area contributed by atoms with E-state index >= 15 is 0 Å². The summed E-state index contributed by atoms with van der Waals surface area (Å²) in [5.74, 6) is 2.01. The third-order valence-electron chi connectivity index (χ3n) is 5.30. The molecule has 1 aliphatic heterocycles. The molecule has 28 heavy (non-hydrogen) atoms. The van der Waals surface area contributed by atoms with Crippen LogP contribution in [-0.2, 0) is 14.6 Å². The van der Waals surface area contributed by atoms with Crippen molar-refractivity contribution in [3.8, 4) is 11.5 Å². The van der Waals surface area contributed by atoms with Gasteiger partial charge in [0, 0.05) is 5.25 Å². The number of benzene rings is 1. The molecule has 3 rings (SSSR count). The number of hydrogen-bond acceptors (Lipinski definition) is 6. The van der Waals surface area contributed by atoms with Crippen molar-refractivity contribution in [2.24, 2.45) is 0 Å². The number of sulfone groups is 1. The summed E-state index contributed by atoms with van der Waals surface area (Å²) in [6.45, 7) is 1.93. The lowest BCUT2D eigenvalue weighted by molar-refractivity contribution is -0.119. The predicted molar refractivity (Wildman–Crippen MR) is 112 cm³/mol. The maximum atomic E-state index is 12.3. The van der Waals surface area contributed by atoms with Gasteiger partial charge in [0.1, 0.15) is 0 Å². The largest absolute Gasteiger partial charge is 0.493 e. The van der Waals surface area contributed by atoms with Gasteiger partial charge in [-0.15, -0.1) is 11.8 Å². The highest BCUT2D eigenvalue weighted by Gasteiger charge is 2.28. The number of amides is 1. The molecular weight excluding hydrogens is 398 g/mol. The summed E-state index contributed by atoms with van der Waals surface area (Å²) in [5.41, 5.74) is 0.942. The Bertz CT molecular complexity index is 790. The molecule has 0 aromatic heterocycles. The van der Waals surface area contributed by atoms with E-state index in [2.05, 4.69) is 5.32 Å². The van der Waals surface area contributed by atoms with Crippen molar-refractivity contribution in [2.45, 2.75) is 56.4 Å². The van der Waals surface area contributed by atoms with Crippen molar-refractivity contribution in [3.05, 3.63) is 23.8 Å². The van der Waals surface area contributed by atoms with E-state index in [1.54, 1.807) is 7.11 Å². The molecule has 6 nitrogen and oxygen atoms in total. The molecule has 1 saturated heterocycles. The van der Waals surface area contributed by atoms with E-state index < -0.39 is 9.84 Å². The zero-order valence-electron chi connectivity index (χ0n) is 16.5. The second kappa shape index (κ2) is 9.39. The fourth-order valence-corrected chi connectivity index (χ4v) is 7.14. The first kappa shape index (κ1) is 21.3. The highest BCUT2D eigenvalue weighted by atomic mass is 32.2. The molecule has 2 fully saturated rings. The van der Waals surface area contributed by atoms with Crippen LogP contribution in [0.3, 0.4) is 0 Å². The zero-order chi connectivity index (χ0) is 20.1. The molecule has 1 saturated carbocycles. The van der Waals surface area contributed by atoms with Gasteiger partial charge in [-0.25, -0.2) is 8.42 Å². The van der Waals surface area contributed by atoms with E-state index in [0.717, 1.165) is 24.2 Å². The van der Waals surface area contributed by atoms with Crippen LogP contribution in [0.25, 0.3) is 0 Å². The normalized spacial score (nSPS) is 22.7. The maximum absolute atomic E-state index is 12.3. The first-order valence-corrected chi connectivity index (χ1v) is 12.7. The van der Waals surface area contributed by atoms with Gasteiger partial charge in [-0.2, -0.15) is 0 Å². The lowest BCUT2D eigenvalue weighted by Crippen LogP contribution is -2.29. The molecule has 2 unspecified atom stereocenters. The number of methoxy groups -OCH3 is 1. The minimum Gasteiger partial charge on any atom is -0.493 e. The average Bonchev–Trinajstić information content (AvgIpc) is 3.29. The number of rotatable bonds is 8. The maximum Gasteiger partial charge on any atom is 0.230 e. The van der Waals surface area contributed by atoms with Crippen LogP contribution >= 0.6 is 11.8 Å². The van der Waals surface area contributed by atoms with Crippen LogP contribution in [0, 0.1) is 0 Å². The average molecular weight is 428 g/mol. The van der Waals surface area contributed by atoms with Crippen LogP contribution in [0.15, 0.2) is 18.2 Å². The quantitative estimate of drug-likeness (QED) is 0.686. The van der Waals surface area contributed by atoms with Crippen molar-refractivity contribution >= 4 is 27.5 Å². The summed E-state index contributed by atoms with van der Waals surface area (Å²) in [5, 5.41) is 3.01. The summed E-state index contributed by atoms with van der Waals surface area (Å²) in [6, 6.07) is 5.60. The summed E-state index contributed by atoms with van der Waals surface area (Å²) < 4.78 is 34.6. The zero-order valence-corrected chi connectivity index (χ0v) is 18.1. The smallest absolute Gasteiger partial charge is 0.230 e. The second-order valence-electron chi connectivity index (χ2n) is 7.56. The minimum atomic E-state index is -2.91. The van der Waals surface area contributed by atoms with Crippen LogP contribution in [0.5, 0.6) is 11.5 Å². The SMILES string of the molecule is COc1cc(C(C)NC(=O)CSC2CCS(=O)(=O)C2)ccc1OC1CCCC1. The Morgan fingerprint density at radius 3 is 2.64 bits per heavy atom. The number of carbonyl (C=O) groups is 1. The van der Waals surface area contributed by atoms with Crippen LogP contribution in [0.2, 0.25) is 0 Å². The van der Waals surface area contributed by atoms with Crippen molar-refractivity contribution in [1.29, 1.82) is 0 Å². The van der Waals surface area contributed by atoms with Crippen molar-refractivity contribution < 1.29 is 22.7 Å². The number of nitrogens with one attached hydrogen (secondary N) is 1. The van der Waals surface area contributed by atoms with Crippen molar-refractivity contribution in [1.82, 2.24) is 5.32 Å². The fraction of sp³-hybridized carbons (Fsp3) is 0.650. The van der Waals surface area contributed by atoms with Crippen LogP contribution < -0.4 is 14.8 Å². The van der Waals surface area contributed by atoms with Gasteiger partial charge < -0.3 is 14.8 Å². The highest BCUT2D eigenvalue weighted by Crippen LogP contribution is 2.33. The summed E-state index contributed by atoms with van der Waals surface area (Å²) in [6.07, 6.45) is 5.47. The van der Waals surface area contributed by atoms with E-state index in [4.69, 9.17) is 9.47 Å². The van der Waals surface area contributed by atoms with Gasteiger partial charge in [-0.05, 0) is 56.7 Å². The summed E-state index contributed by atoms with van der Waals surface area (Å²) in [4.78, 5) is 12.3. The Kier molecular flexibility index (Phi) is 7.15. The van der Waals surface area contributed by atoms with Gasteiger partial charge in [0.25, 0.3) is 0 Å². The van der Waals surface area contributed by atoms with Gasteiger partial charge in [0.15, 0.2) is 21.3 Å². The van der Waals surface area contributed by atoms with Gasteiger partial charge in [0.2, 0.25) is 5.91 Å². The van der Waals surface area contributed by atoms with E-state index in [1.165, 1.54) is 24.6 Å². The van der Waals surface area contributed by atoms with Gasteiger partial charge >= 0.3 is 0 Å². The lowest BCUT2D eigenvalue weighted by Gasteiger charge is -2.19. The molecule has 2 aliphatic rings. The fourth-order valence-electron chi connectivity index (χ4n) is 3.69. The third kappa shape index (κ3) is 5.80. The molecule has 0 spiro atoms. The van der Waals surface area contributed by atoms with Gasteiger partial charge in [0.05, 0.1) is 36.5 Å². The summed E-state index contributed by atoms with van der Waals surface area (Å²) in [7, 11) is -1.29. The Morgan fingerprint density at radius 2 is 2.00 bits per heavy atom. The third-order valence-corrected chi connectivity index (χ3v) is 8.58. The standard InChI is InChI=1S/C20H29NO5S2/c1-14(21-20(22)12-27-17-9-10-28(23,24)13-17)15-7-8-18(19(11-15)25-2)26-16-5-3-4-6-16/h7-8,11,14,16-17H,3-6,9-10,12-13H2,1-2H3,(H,21,22). The Labute approximate surface area is 171 Å². The van der Waals surface area contributed by atoms with Gasteiger partial charge in [-0.3, -0.25) is 4.79 Å². The molecule has 156 valence electrons. The monoisotopic (exact) mass is 427 g/mol. The molecule has 8 heteroatoms. The molecule has 1 aromatic rings. The van der Waals surface area contributed by atoms with E-state index in [-0.39, 0.29) is 40.6 Å². The summed E-state index contributed by atoms with van der Waals surface area (Å²) >= 11 is 1.42. The Balaban J connectivity index is 1.52. The number of hydrogen-bond donors (Lipinski definition) is 1.